The van der Waals surface area contributed by atoms with Gasteiger partial charge in [-0.15, -0.1) is 0 Å². The average molecular weight is 267 g/mol. The summed E-state index contributed by atoms with van der Waals surface area (Å²) in [7, 11) is 0. The normalized spacial score (nSPS) is 21.9. The van der Waals surface area contributed by atoms with Crippen molar-refractivity contribution in [2.45, 2.75) is 19.3 Å². The largest absolute Gasteiger partial charge is 0.336 e. The third-order valence-electron chi connectivity index (χ3n) is 4.02. The lowest BCUT2D eigenvalue weighted by atomic mass is 10.3. The van der Waals surface area contributed by atoms with Crippen molar-refractivity contribution in [3.05, 3.63) is 29.8 Å². The van der Waals surface area contributed by atoms with Gasteiger partial charge in [0.25, 0.3) is 0 Å². The zero-order chi connectivity index (χ0) is 13.5. The number of carbonyl (C=O) groups is 1. The predicted octanol–water partition coefficient (Wildman–Crippen LogP) is 2.39. The number of halogens is 2. The molecule has 0 aliphatic heterocycles. The molecule has 1 spiro atoms. The Morgan fingerprint density at radius 1 is 1.37 bits per heavy atom. The number of hydrogen-bond acceptors (Lipinski definition) is 2. The summed E-state index contributed by atoms with van der Waals surface area (Å²) >= 11 is 0. The van der Waals surface area contributed by atoms with Crippen molar-refractivity contribution in [1.29, 1.82) is 0 Å². The van der Waals surface area contributed by atoms with E-state index in [4.69, 9.17) is 0 Å². The van der Waals surface area contributed by atoms with Crippen LogP contribution in [0.15, 0.2) is 18.2 Å². The van der Waals surface area contributed by atoms with Crippen molar-refractivity contribution in [2.75, 3.05) is 12.0 Å². The summed E-state index contributed by atoms with van der Waals surface area (Å²) in [5.41, 5.74) is 5.09. The third-order valence-corrected chi connectivity index (χ3v) is 4.02. The lowest BCUT2D eigenvalue weighted by Gasteiger charge is -2.10. The standard InChI is InChI=1S/C13H15F2N3O/c14-9-2-1-3-10(11(9)15)17-18-12(19)16-7-8-6-13(8)4-5-13/h1-3,8,17H,4-7H2,(H2,16,18,19). The van der Waals surface area contributed by atoms with E-state index in [1.807, 2.05) is 0 Å². The van der Waals surface area contributed by atoms with Crippen molar-refractivity contribution in [2.24, 2.45) is 11.3 Å². The van der Waals surface area contributed by atoms with Gasteiger partial charge in [-0.2, -0.15) is 0 Å². The summed E-state index contributed by atoms with van der Waals surface area (Å²) < 4.78 is 26.2. The summed E-state index contributed by atoms with van der Waals surface area (Å²) in [5, 5.41) is 2.72. The highest BCUT2D eigenvalue weighted by Crippen LogP contribution is 2.70. The van der Waals surface area contributed by atoms with Gasteiger partial charge in [-0.1, -0.05) is 6.07 Å². The predicted molar refractivity (Wildman–Crippen MR) is 66.3 cm³/mol. The second kappa shape index (κ2) is 4.36. The van der Waals surface area contributed by atoms with Gasteiger partial charge in [-0.25, -0.2) is 13.6 Å². The first-order valence-electron chi connectivity index (χ1n) is 6.35. The molecule has 0 aromatic heterocycles. The van der Waals surface area contributed by atoms with Crippen LogP contribution < -0.4 is 16.2 Å². The van der Waals surface area contributed by atoms with E-state index >= 15 is 0 Å². The summed E-state index contributed by atoms with van der Waals surface area (Å²) in [5.74, 6) is -1.38. The maximum atomic E-state index is 13.3. The maximum Gasteiger partial charge on any atom is 0.333 e. The first kappa shape index (κ1) is 12.2. The van der Waals surface area contributed by atoms with E-state index < -0.39 is 17.7 Å². The topological polar surface area (TPSA) is 53.2 Å². The van der Waals surface area contributed by atoms with Crippen LogP contribution in [0.3, 0.4) is 0 Å². The number of anilines is 1. The molecule has 3 N–H and O–H groups in total. The minimum Gasteiger partial charge on any atom is -0.336 e. The van der Waals surface area contributed by atoms with Crippen molar-refractivity contribution in [1.82, 2.24) is 10.7 Å². The van der Waals surface area contributed by atoms with Gasteiger partial charge >= 0.3 is 6.03 Å². The van der Waals surface area contributed by atoms with Crippen LogP contribution in [0.4, 0.5) is 19.3 Å². The Bertz CT molecular complexity index is 517. The minimum atomic E-state index is -1.01. The van der Waals surface area contributed by atoms with Crippen LogP contribution in [0.2, 0.25) is 0 Å². The van der Waals surface area contributed by atoms with Gasteiger partial charge in [0.15, 0.2) is 11.6 Å². The number of hydrogen-bond donors (Lipinski definition) is 3. The Morgan fingerprint density at radius 2 is 2.16 bits per heavy atom. The molecule has 4 nitrogen and oxygen atoms in total. The second-order valence-electron chi connectivity index (χ2n) is 5.32. The SMILES string of the molecule is O=C(NCC1CC12CC2)NNc1cccc(F)c1F. The molecule has 1 atom stereocenters. The molecule has 2 aliphatic rings. The lowest BCUT2D eigenvalue weighted by Crippen LogP contribution is -2.40. The summed E-state index contributed by atoms with van der Waals surface area (Å²) in [6.45, 7) is 0.638. The van der Waals surface area contributed by atoms with Crippen LogP contribution in [-0.2, 0) is 0 Å². The maximum absolute atomic E-state index is 13.3. The Labute approximate surface area is 109 Å². The highest BCUT2D eigenvalue weighted by molar-refractivity contribution is 5.75. The van der Waals surface area contributed by atoms with E-state index in [1.165, 1.54) is 31.4 Å². The number of amides is 2. The van der Waals surface area contributed by atoms with Crippen LogP contribution in [0, 0.1) is 23.0 Å². The van der Waals surface area contributed by atoms with Gasteiger partial charge in [0.2, 0.25) is 0 Å². The third kappa shape index (κ3) is 2.47. The Hall–Kier alpha value is -1.85. The molecule has 1 unspecified atom stereocenters. The molecule has 19 heavy (non-hydrogen) atoms. The van der Waals surface area contributed by atoms with Crippen molar-refractivity contribution < 1.29 is 13.6 Å². The fraction of sp³-hybridized carbons (Fsp3) is 0.462. The van der Waals surface area contributed by atoms with E-state index in [1.54, 1.807) is 0 Å². The number of rotatable bonds is 4. The molecule has 1 aromatic carbocycles. The highest BCUT2D eigenvalue weighted by atomic mass is 19.2. The molecular weight excluding hydrogens is 252 g/mol. The first-order valence-corrected chi connectivity index (χ1v) is 6.35. The molecule has 2 amide bonds. The average Bonchev–Trinajstić information content (AvgIpc) is 3.30. The number of benzene rings is 1. The molecule has 3 rings (SSSR count). The molecule has 102 valence electrons. The number of hydrazine groups is 1. The molecule has 0 saturated heterocycles. The molecule has 0 bridgehead atoms. The molecule has 0 heterocycles. The van der Waals surface area contributed by atoms with Crippen molar-refractivity contribution in [3.8, 4) is 0 Å². The van der Waals surface area contributed by atoms with E-state index in [0.29, 0.717) is 17.9 Å². The second-order valence-corrected chi connectivity index (χ2v) is 5.32. The molecule has 2 fully saturated rings. The monoisotopic (exact) mass is 267 g/mol. The summed E-state index contributed by atoms with van der Waals surface area (Å²) in [6.07, 6.45) is 3.74. The summed E-state index contributed by atoms with van der Waals surface area (Å²) in [4.78, 5) is 11.5. The molecule has 2 saturated carbocycles. The van der Waals surface area contributed by atoms with Gasteiger partial charge in [-0.3, -0.25) is 10.9 Å². The van der Waals surface area contributed by atoms with Crippen LogP contribution in [-0.4, -0.2) is 12.6 Å². The van der Waals surface area contributed by atoms with Crippen LogP contribution >= 0.6 is 0 Å². The fourth-order valence-corrected chi connectivity index (χ4v) is 2.48. The van der Waals surface area contributed by atoms with E-state index in [0.717, 1.165) is 6.07 Å². The van der Waals surface area contributed by atoms with Gasteiger partial charge in [0.1, 0.15) is 0 Å². The molecule has 2 aliphatic carbocycles. The highest BCUT2D eigenvalue weighted by Gasteiger charge is 2.62. The quantitative estimate of drug-likeness (QED) is 0.734. The van der Waals surface area contributed by atoms with Gasteiger partial charge in [0.05, 0.1) is 5.69 Å². The number of urea groups is 1. The van der Waals surface area contributed by atoms with E-state index in [9.17, 15) is 13.6 Å². The smallest absolute Gasteiger partial charge is 0.333 e. The Balaban J connectivity index is 1.43. The molecule has 0 radical (unpaired) electrons. The zero-order valence-electron chi connectivity index (χ0n) is 10.3. The van der Waals surface area contributed by atoms with Gasteiger partial charge in [0, 0.05) is 6.54 Å². The van der Waals surface area contributed by atoms with Crippen molar-refractivity contribution in [3.63, 3.8) is 0 Å². The number of carbonyl (C=O) groups excluding carboxylic acids is 1. The molecular formula is C13H15F2N3O. The van der Waals surface area contributed by atoms with E-state index in [-0.39, 0.29) is 5.69 Å². The lowest BCUT2D eigenvalue weighted by molar-refractivity contribution is 0.242. The van der Waals surface area contributed by atoms with Crippen LogP contribution in [0.5, 0.6) is 0 Å². The Morgan fingerprint density at radius 3 is 2.84 bits per heavy atom. The molecule has 1 aromatic rings. The molecule has 6 heteroatoms. The zero-order valence-corrected chi connectivity index (χ0v) is 10.3. The van der Waals surface area contributed by atoms with Crippen LogP contribution in [0.1, 0.15) is 19.3 Å². The minimum absolute atomic E-state index is 0.0970. The fourth-order valence-electron chi connectivity index (χ4n) is 2.48. The van der Waals surface area contributed by atoms with E-state index in [2.05, 4.69) is 16.2 Å². The van der Waals surface area contributed by atoms with Crippen molar-refractivity contribution >= 4 is 11.7 Å². The Kier molecular flexibility index (Phi) is 2.80. The first-order chi connectivity index (χ1) is 9.11. The summed E-state index contributed by atoms with van der Waals surface area (Å²) in [6, 6.07) is 3.29. The van der Waals surface area contributed by atoms with Gasteiger partial charge in [-0.05, 0) is 42.7 Å². The van der Waals surface area contributed by atoms with Gasteiger partial charge < -0.3 is 5.32 Å². The number of nitrogens with one attached hydrogen (secondary N) is 3. The van der Waals surface area contributed by atoms with Crippen LogP contribution in [0.25, 0.3) is 0 Å².